The molecular formula is C22H27INOP. The molecule has 3 aromatic rings. The highest BCUT2D eigenvalue weighted by atomic mass is 127. The lowest BCUT2D eigenvalue weighted by atomic mass is 10.0. The molecule has 0 aliphatic heterocycles. The Morgan fingerprint density at radius 3 is 1.88 bits per heavy atom. The molecule has 26 heavy (non-hydrogen) atoms. The van der Waals surface area contributed by atoms with Crippen molar-refractivity contribution in [3.05, 3.63) is 58.3 Å². The van der Waals surface area contributed by atoms with Crippen LogP contribution < -0.4 is 0 Å². The lowest BCUT2D eigenvalue weighted by molar-refractivity contribution is 0.509. The minimum atomic E-state index is -2.74. The number of hydrogen-bond donors (Lipinski definition) is 0. The maximum Gasteiger partial charge on any atom is 0.186 e. The predicted octanol–water partition coefficient (Wildman–Crippen LogP) is 7.64. The van der Waals surface area contributed by atoms with Gasteiger partial charge in [0.25, 0.3) is 0 Å². The number of nitrogens with zero attached hydrogens (tertiary/aromatic N) is 1. The van der Waals surface area contributed by atoms with Crippen molar-refractivity contribution >= 4 is 40.8 Å². The largest absolute Gasteiger partial charge is 0.299 e. The first kappa shape index (κ1) is 19.7. The fourth-order valence-corrected chi connectivity index (χ4v) is 8.23. The molecule has 0 radical (unpaired) electrons. The highest BCUT2D eigenvalue weighted by Gasteiger charge is 2.48. The van der Waals surface area contributed by atoms with Gasteiger partial charge in [-0.1, -0.05) is 65.8 Å². The second kappa shape index (κ2) is 6.53. The van der Waals surface area contributed by atoms with Gasteiger partial charge in [0.2, 0.25) is 0 Å². The van der Waals surface area contributed by atoms with Gasteiger partial charge in [0.05, 0.1) is 5.52 Å². The van der Waals surface area contributed by atoms with E-state index in [2.05, 4.69) is 117 Å². The molecule has 0 N–H and O–H groups in total. The maximum atomic E-state index is 14.4. The van der Waals surface area contributed by atoms with Crippen molar-refractivity contribution < 1.29 is 4.57 Å². The van der Waals surface area contributed by atoms with Gasteiger partial charge >= 0.3 is 0 Å². The Balaban J connectivity index is 2.26. The van der Waals surface area contributed by atoms with Crippen LogP contribution in [0.2, 0.25) is 0 Å². The standard InChI is InChI=1S/C22H27INOP/c1-21(2,3)26(25,22(4,5)6)24-14-13-17-7-8-18(15-20(17)24)16-9-11-19(23)12-10-16/h7-15H,1-6H3. The minimum Gasteiger partial charge on any atom is -0.299 e. The zero-order valence-corrected chi connectivity index (χ0v) is 19.4. The summed E-state index contributed by atoms with van der Waals surface area (Å²) in [6.07, 6.45) is 2.01. The fourth-order valence-electron chi connectivity index (χ4n) is 3.83. The Labute approximate surface area is 170 Å². The normalized spacial score (nSPS) is 13.3. The van der Waals surface area contributed by atoms with E-state index in [1.165, 1.54) is 9.13 Å². The highest BCUT2D eigenvalue weighted by molar-refractivity contribution is 14.1. The van der Waals surface area contributed by atoms with Crippen LogP contribution in [0.15, 0.2) is 54.7 Å². The summed E-state index contributed by atoms with van der Waals surface area (Å²) < 4.78 is 17.7. The van der Waals surface area contributed by atoms with Crippen molar-refractivity contribution in [3.8, 4) is 11.1 Å². The molecule has 0 atom stereocenters. The molecule has 0 amide bonds. The zero-order chi connectivity index (χ0) is 19.3. The van der Waals surface area contributed by atoms with E-state index in [4.69, 9.17) is 0 Å². The number of halogens is 1. The smallest absolute Gasteiger partial charge is 0.186 e. The van der Waals surface area contributed by atoms with Crippen LogP contribution in [0.1, 0.15) is 41.5 Å². The van der Waals surface area contributed by atoms with Gasteiger partial charge in [-0.3, -0.25) is 8.90 Å². The van der Waals surface area contributed by atoms with Gasteiger partial charge in [0.15, 0.2) is 7.29 Å². The van der Waals surface area contributed by atoms with E-state index in [1.54, 1.807) is 0 Å². The molecule has 4 heteroatoms. The van der Waals surface area contributed by atoms with Crippen molar-refractivity contribution in [1.29, 1.82) is 0 Å². The van der Waals surface area contributed by atoms with Crippen LogP contribution in [0.3, 0.4) is 0 Å². The van der Waals surface area contributed by atoms with Crippen LogP contribution >= 0.6 is 29.9 Å². The molecule has 0 saturated carbocycles. The third-order valence-corrected chi connectivity index (χ3v) is 10.3. The molecular weight excluding hydrogens is 452 g/mol. The van der Waals surface area contributed by atoms with Gasteiger partial charge in [-0.05, 0) is 63.4 Å². The van der Waals surface area contributed by atoms with Crippen LogP contribution in [0.25, 0.3) is 22.0 Å². The first-order valence-corrected chi connectivity index (χ1v) is 11.7. The van der Waals surface area contributed by atoms with Crippen LogP contribution in [0.5, 0.6) is 0 Å². The van der Waals surface area contributed by atoms with Gasteiger partial charge in [0.1, 0.15) is 0 Å². The summed E-state index contributed by atoms with van der Waals surface area (Å²) in [6.45, 7) is 12.5. The molecule has 0 saturated heterocycles. The second-order valence-corrected chi connectivity index (χ2v) is 14.4. The molecule has 2 aromatic carbocycles. The molecule has 0 fully saturated rings. The summed E-state index contributed by atoms with van der Waals surface area (Å²) in [5.74, 6) is 0. The van der Waals surface area contributed by atoms with Crippen molar-refractivity contribution in [2.45, 2.75) is 51.9 Å². The molecule has 0 unspecified atom stereocenters. The van der Waals surface area contributed by atoms with Gasteiger partial charge in [-0.15, -0.1) is 0 Å². The summed E-state index contributed by atoms with van der Waals surface area (Å²) in [5.41, 5.74) is 3.39. The number of benzene rings is 2. The third kappa shape index (κ3) is 3.18. The monoisotopic (exact) mass is 479 g/mol. The molecule has 0 bridgehead atoms. The van der Waals surface area contributed by atoms with Crippen LogP contribution in [0, 0.1) is 3.57 Å². The first-order valence-electron chi connectivity index (χ1n) is 8.93. The summed E-state index contributed by atoms with van der Waals surface area (Å²) in [7, 11) is -2.74. The molecule has 1 aromatic heterocycles. The van der Waals surface area contributed by atoms with Crippen LogP contribution in [0.4, 0.5) is 0 Å². The Bertz CT molecular complexity index is 970. The van der Waals surface area contributed by atoms with Crippen LogP contribution in [-0.2, 0) is 4.57 Å². The average molecular weight is 479 g/mol. The summed E-state index contributed by atoms with van der Waals surface area (Å²) >= 11 is 2.32. The third-order valence-electron chi connectivity index (χ3n) is 4.97. The lowest BCUT2D eigenvalue weighted by Crippen LogP contribution is -2.32. The van der Waals surface area contributed by atoms with E-state index in [-0.39, 0.29) is 10.3 Å². The van der Waals surface area contributed by atoms with Gasteiger partial charge in [-0.25, -0.2) is 0 Å². The molecule has 138 valence electrons. The van der Waals surface area contributed by atoms with E-state index in [9.17, 15) is 4.57 Å². The topological polar surface area (TPSA) is 22.0 Å². The quantitative estimate of drug-likeness (QED) is 0.274. The van der Waals surface area contributed by atoms with Crippen molar-refractivity contribution in [3.63, 3.8) is 0 Å². The Morgan fingerprint density at radius 1 is 0.808 bits per heavy atom. The number of aromatic nitrogens is 1. The maximum absolute atomic E-state index is 14.4. The van der Waals surface area contributed by atoms with Gasteiger partial charge in [0, 0.05) is 20.1 Å². The number of rotatable bonds is 2. The summed E-state index contributed by atoms with van der Waals surface area (Å²) in [5, 5.41) is 0.486. The van der Waals surface area contributed by atoms with Gasteiger partial charge in [-0.2, -0.15) is 0 Å². The minimum absolute atomic E-state index is 0.323. The zero-order valence-electron chi connectivity index (χ0n) is 16.4. The van der Waals surface area contributed by atoms with Crippen molar-refractivity contribution in [2.75, 3.05) is 0 Å². The van der Waals surface area contributed by atoms with Crippen LogP contribution in [-0.4, -0.2) is 14.6 Å². The lowest BCUT2D eigenvalue weighted by Gasteiger charge is -2.42. The molecule has 0 aliphatic rings. The SMILES string of the molecule is CC(C)(C)P(=O)(n1ccc2ccc(-c3ccc(I)cc3)cc21)C(C)(C)C. The van der Waals surface area contributed by atoms with Gasteiger partial charge < -0.3 is 0 Å². The van der Waals surface area contributed by atoms with E-state index in [1.807, 2.05) is 6.20 Å². The summed E-state index contributed by atoms with van der Waals surface area (Å²) in [6, 6.07) is 17.1. The molecule has 0 aliphatic carbocycles. The van der Waals surface area contributed by atoms with Crippen molar-refractivity contribution in [1.82, 2.24) is 4.34 Å². The van der Waals surface area contributed by atoms with E-state index >= 15 is 0 Å². The molecule has 1 heterocycles. The fraction of sp³-hybridized carbons (Fsp3) is 0.364. The Morgan fingerprint density at radius 2 is 1.35 bits per heavy atom. The van der Waals surface area contributed by atoms with E-state index in [0.29, 0.717) is 0 Å². The predicted molar refractivity (Wildman–Crippen MR) is 123 cm³/mol. The Hall–Kier alpha value is -1.06. The first-order chi connectivity index (χ1) is 11.9. The highest BCUT2D eigenvalue weighted by Crippen LogP contribution is 2.68. The molecule has 2 nitrogen and oxygen atoms in total. The number of fused-ring (bicyclic) bond motifs is 1. The average Bonchev–Trinajstić information content (AvgIpc) is 2.96. The van der Waals surface area contributed by atoms with Crippen molar-refractivity contribution in [2.24, 2.45) is 0 Å². The number of hydrogen-bond acceptors (Lipinski definition) is 1. The van der Waals surface area contributed by atoms with E-state index in [0.717, 1.165) is 16.5 Å². The molecule has 0 spiro atoms. The van der Waals surface area contributed by atoms with E-state index < -0.39 is 7.29 Å². The Kier molecular flexibility index (Phi) is 4.94. The second-order valence-electron chi connectivity index (χ2n) is 8.86. The summed E-state index contributed by atoms with van der Waals surface area (Å²) in [4.78, 5) is 0. The molecule has 3 rings (SSSR count).